The number of hydrogen-bond donors (Lipinski definition) is 1. The van der Waals surface area contributed by atoms with Gasteiger partial charge < -0.3 is 5.32 Å². The van der Waals surface area contributed by atoms with Crippen molar-refractivity contribution < 1.29 is 9.18 Å². The third-order valence-electron chi connectivity index (χ3n) is 3.22. The fraction of sp³-hybridized carbons (Fsp3) is 0.333. The van der Waals surface area contributed by atoms with Gasteiger partial charge >= 0.3 is 0 Å². The molecule has 0 unspecified atom stereocenters. The second-order valence-corrected chi connectivity index (χ2v) is 4.68. The van der Waals surface area contributed by atoms with Crippen molar-refractivity contribution in [2.24, 2.45) is 0 Å². The highest BCUT2D eigenvalue weighted by molar-refractivity contribution is 6.01. The predicted octanol–water partition coefficient (Wildman–Crippen LogP) is 2.79. The molecule has 1 aromatic rings. The SMILES string of the molecule is N#C/C(=C/c1cccc(F)c1)C(=O)NC1CCCC1. The summed E-state index contributed by atoms with van der Waals surface area (Å²) in [5.74, 6) is -0.763. The number of carbonyl (C=O) groups is 1. The summed E-state index contributed by atoms with van der Waals surface area (Å²) in [6.07, 6.45) is 5.56. The van der Waals surface area contributed by atoms with Crippen LogP contribution in [0, 0.1) is 17.1 Å². The van der Waals surface area contributed by atoms with Crippen LogP contribution in [0.3, 0.4) is 0 Å². The first kappa shape index (κ1) is 13.3. The molecule has 3 nitrogen and oxygen atoms in total. The molecule has 0 atom stereocenters. The molecule has 1 fully saturated rings. The van der Waals surface area contributed by atoms with Crippen molar-refractivity contribution >= 4 is 12.0 Å². The highest BCUT2D eigenvalue weighted by Crippen LogP contribution is 2.18. The Morgan fingerprint density at radius 2 is 2.16 bits per heavy atom. The van der Waals surface area contributed by atoms with Crippen LogP contribution >= 0.6 is 0 Å². The Morgan fingerprint density at radius 1 is 1.42 bits per heavy atom. The van der Waals surface area contributed by atoms with E-state index in [0.29, 0.717) is 5.56 Å². The summed E-state index contributed by atoms with van der Waals surface area (Å²) in [5.41, 5.74) is 0.524. The van der Waals surface area contributed by atoms with Crippen molar-refractivity contribution in [1.82, 2.24) is 5.32 Å². The summed E-state index contributed by atoms with van der Waals surface area (Å²) in [6, 6.07) is 7.85. The number of nitrogens with zero attached hydrogens (tertiary/aromatic N) is 1. The largest absolute Gasteiger partial charge is 0.349 e. The number of halogens is 1. The molecule has 0 spiro atoms. The number of carbonyl (C=O) groups excluding carboxylic acids is 1. The van der Waals surface area contributed by atoms with Gasteiger partial charge in [0.15, 0.2) is 0 Å². The average Bonchev–Trinajstić information content (AvgIpc) is 2.88. The highest BCUT2D eigenvalue weighted by atomic mass is 19.1. The van der Waals surface area contributed by atoms with Gasteiger partial charge in [0, 0.05) is 6.04 Å². The number of rotatable bonds is 3. The predicted molar refractivity (Wildman–Crippen MR) is 70.4 cm³/mol. The molecule has 1 amide bonds. The third kappa shape index (κ3) is 3.65. The molecule has 1 aliphatic rings. The molecular weight excluding hydrogens is 243 g/mol. The molecule has 0 bridgehead atoms. The van der Waals surface area contributed by atoms with Gasteiger partial charge in [-0.3, -0.25) is 4.79 Å². The Morgan fingerprint density at radius 3 is 2.79 bits per heavy atom. The Labute approximate surface area is 111 Å². The fourth-order valence-electron chi connectivity index (χ4n) is 2.24. The molecule has 98 valence electrons. The fourth-order valence-corrected chi connectivity index (χ4v) is 2.24. The Kier molecular flexibility index (Phi) is 4.30. The minimum absolute atomic E-state index is 0.0116. The maximum absolute atomic E-state index is 13.0. The molecule has 4 heteroatoms. The highest BCUT2D eigenvalue weighted by Gasteiger charge is 2.19. The summed E-state index contributed by atoms with van der Waals surface area (Å²) >= 11 is 0. The molecule has 0 aromatic heterocycles. The lowest BCUT2D eigenvalue weighted by molar-refractivity contribution is -0.117. The molecule has 1 aromatic carbocycles. The second-order valence-electron chi connectivity index (χ2n) is 4.68. The molecule has 19 heavy (non-hydrogen) atoms. The zero-order chi connectivity index (χ0) is 13.7. The zero-order valence-electron chi connectivity index (χ0n) is 10.5. The third-order valence-corrected chi connectivity index (χ3v) is 3.22. The lowest BCUT2D eigenvalue weighted by Crippen LogP contribution is -2.33. The monoisotopic (exact) mass is 258 g/mol. The van der Waals surface area contributed by atoms with Crippen LogP contribution in [0.4, 0.5) is 4.39 Å². The first-order chi connectivity index (χ1) is 9.19. The molecule has 0 aliphatic heterocycles. The summed E-state index contributed by atoms with van der Waals surface area (Å²) < 4.78 is 13.0. The van der Waals surface area contributed by atoms with E-state index < -0.39 is 0 Å². The van der Waals surface area contributed by atoms with Crippen molar-refractivity contribution in [3.8, 4) is 6.07 Å². The van der Waals surface area contributed by atoms with E-state index in [1.165, 1.54) is 18.2 Å². The molecule has 0 saturated heterocycles. The van der Waals surface area contributed by atoms with Crippen LogP contribution in [-0.2, 0) is 4.79 Å². The van der Waals surface area contributed by atoms with E-state index in [1.807, 2.05) is 6.07 Å². The van der Waals surface area contributed by atoms with Gasteiger partial charge in [0.05, 0.1) is 0 Å². The number of benzene rings is 1. The van der Waals surface area contributed by atoms with Crippen molar-refractivity contribution in [3.05, 3.63) is 41.2 Å². The Hall–Kier alpha value is -2.15. The molecule has 1 N–H and O–H groups in total. The lowest BCUT2D eigenvalue weighted by atomic mass is 10.1. The van der Waals surface area contributed by atoms with E-state index in [0.717, 1.165) is 25.7 Å². The molecule has 1 aliphatic carbocycles. The van der Waals surface area contributed by atoms with Gasteiger partial charge in [0.25, 0.3) is 5.91 Å². The maximum atomic E-state index is 13.0. The van der Waals surface area contributed by atoms with E-state index >= 15 is 0 Å². The lowest BCUT2D eigenvalue weighted by Gasteiger charge is -2.10. The van der Waals surface area contributed by atoms with Crippen LogP contribution < -0.4 is 5.32 Å². The molecular formula is C15H15FN2O. The Balaban J connectivity index is 2.10. The first-order valence-corrected chi connectivity index (χ1v) is 6.37. The van der Waals surface area contributed by atoms with Gasteiger partial charge in [-0.15, -0.1) is 0 Å². The van der Waals surface area contributed by atoms with Crippen LogP contribution in [0.25, 0.3) is 6.08 Å². The first-order valence-electron chi connectivity index (χ1n) is 6.37. The number of nitriles is 1. The van der Waals surface area contributed by atoms with Crippen molar-refractivity contribution in [2.45, 2.75) is 31.7 Å². The second kappa shape index (κ2) is 6.14. The smallest absolute Gasteiger partial charge is 0.262 e. The van der Waals surface area contributed by atoms with E-state index in [9.17, 15) is 9.18 Å². The summed E-state index contributed by atoms with van der Waals surface area (Å²) in [7, 11) is 0. The number of amides is 1. The minimum Gasteiger partial charge on any atom is -0.349 e. The van der Waals surface area contributed by atoms with E-state index in [2.05, 4.69) is 5.32 Å². The summed E-state index contributed by atoms with van der Waals surface area (Å²) in [5, 5.41) is 11.9. The van der Waals surface area contributed by atoms with Crippen LogP contribution in [0.15, 0.2) is 29.8 Å². The standard InChI is InChI=1S/C15H15FN2O/c16-13-5-3-4-11(9-13)8-12(10-17)15(19)18-14-6-1-2-7-14/h3-5,8-9,14H,1-2,6-7H2,(H,18,19)/b12-8-. The zero-order valence-corrected chi connectivity index (χ0v) is 10.5. The van der Waals surface area contributed by atoms with Crippen molar-refractivity contribution in [3.63, 3.8) is 0 Å². The van der Waals surface area contributed by atoms with Crippen LogP contribution in [0.2, 0.25) is 0 Å². The van der Waals surface area contributed by atoms with Crippen molar-refractivity contribution in [2.75, 3.05) is 0 Å². The van der Waals surface area contributed by atoms with E-state index in [1.54, 1.807) is 12.1 Å². The molecule has 0 heterocycles. The summed E-state index contributed by atoms with van der Waals surface area (Å²) in [6.45, 7) is 0. The Bertz CT molecular complexity index is 539. The van der Waals surface area contributed by atoms with E-state index in [-0.39, 0.29) is 23.3 Å². The average molecular weight is 258 g/mol. The number of hydrogen-bond acceptors (Lipinski definition) is 2. The van der Waals surface area contributed by atoms with Gasteiger partial charge in [-0.25, -0.2) is 4.39 Å². The van der Waals surface area contributed by atoms with Gasteiger partial charge in [-0.1, -0.05) is 25.0 Å². The van der Waals surface area contributed by atoms with Gasteiger partial charge in [-0.2, -0.15) is 5.26 Å². The minimum atomic E-state index is -0.387. The van der Waals surface area contributed by atoms with Crippen molar-refractivity contribution in [1.29, 1.82) is 5.26 Å². The molecule has 0 radical (unpaired) electrons. The topological polar surface area (TPSA) is 52.9 Å². The van der Waals surface area contributed by atoms with Gasteiger partial charge in [0.2, 0.25) is 0 Å². The van der Waals surface area contributed by atoms with E-state index in [4.69, 9.17) is 5.26 Å². The normalized spacial score (nSPS) is 16.1. The van der Waals surface area contributed by atoms with Crippen LogP contribution in [0.5, 0.6) is 0 Å². The summed E-state index contributed by atoms with van der Waals surface area (Å²) in [4.78, 5) is 11.9. The van der Waals surface area contributed by atoms with Gasteiger partial charge in [0.1, 0.15) is 17.5 Å². The number of nitrogens with one attached hydrogen (secondary N) is 1. The molecule has 2 rings (SSSR count). The van der Waals surface area contributed by atoms with Gasteiger partial charge in [-0.05, 0) is 36.6 Å². The molecule has 1 saturated carbocycles. The van der Waals surface area contributed by atoms with Crippen LogP contribution in [0.1, 0.15) is 31.2 Å². The van der Waals surface area contributed by atoms with Crippen LogP contribution in [-0.4, -0.2) is 11.9 Å². The quantitative estimate of drug-likeness (QED) is 0.669. The maximum Gasteiger partial charge on any atom is 0.262 e.